The summed E-state index contributed by atoms with van der Waals surface area (Å²) in [6, 6.07) is 0. The van der Waals surface area contributed by atoms with Crippen molar-refractivity contribution in [1.29, 1.82) is 0 Å². The van der Waals surface area contributed by atoms with Crippen molar-refractivity contribution in [3.05, 3.63) is 0 Å². The van der Waals surface area contributed by atoms with Gasteiger partial charge in [0.15, 0.2) is 0 Å². The molecule has 0 aliphatic rings. The molecule has 21 heavy (non-hydrogen) atoms. The van der Waals surface area contributed by atoms with E-state index in [-0.39, 0.29) is 31.3 Å². The fourth-order valence-corrected chi connectivity index (χ4v) is 1.64. The van der Waals surface area contributed by atoms with Gasteiger partial charge >= 0.3 is 19.5 Å². The van der Waals surface area contributed by atoms with E-state index >= 15 is 0 Å². The molecule has 5 heteroatoms. The van der Waals surface area contributed by atoms with Crippen LogP contribution in [0.3, 0.4) is 0 Å². The number of unbranched alkanes of at least 4 members (excludes halogenated alkanes) is 4. The molecule has 0 spiro atoms. The van der Waals surface area contributed by atoms with Crippen molar-refractivity contribution in [2.75, 3.05) is 0 Å². The van der Waals surface area contributed by atoms with Gasteiger partial charge in [0, 0.05) is 11.9 Å². The van der Waals surface area contributed by atoms with Crippen molar-refractivity contribution in [1.82, 2.24) is 0 Å². The largest absolute Gasteiger partial charge is 2.00 e. The Labute approximate surface area is 142 Å². The minimum Gasteiger partial charge on any atom is -0.550 e. The van der Waals surface area contributed by atoms with Crippen LogP contribution in [-0.4, -0.2) is 11.9 Å². The van der Waals surface area contributed by atoms with E-state index in [9.17, 15) is 19.8 Å². The predicted molar refractivity (Wildman–Crippen MR) is 76.6 cm³/mol. The van der Waals surface area contributed by atoms with Crippen LogP contribution >= 0.6 is 0 Å². The molecule has 0 aromatic heterocycles. The van der Waals surface area contributed by atoms with E-state index in [0.29, 0.717) is 0 Å². The number of hydrogen-bond acceptors (Lipinski definition) is 4. The normalized spacial score (nSPS) is 12.4. The van der Waals surface area contributed by atoms with Crippen molar-refractivity contribution >= 4 is 11.9 Å². The van der Waals surface area contributed by atoms with E-state index in [2.05, 4.69) is 13.8 Å². The van der Waals surface area contributed by atoms with Crippen LogP contribution in [0.5, 0.6) is 0 Å². The van der Waals surface area contributed by atoms with Crippen LogP contribution in [0.2, 0.25) is 0 Å². The molecule has 0 heterocycles. The van der Waals surface area contributed by atoms with Crippen molar-refractivity contribution in [2.24, 2.45) is 11.8 Å². The standard InChI is InChI=1S/2C8H16O2.Zn/c2*1-3-4-5-6-7(2)8(9)10;/h2*7H,3-6H2,1-2H3,(H,9,10);/q;;+2/p-2. The Morgan fingerprint density at radius 1 is 0.762 bits per heavy atom. The third-order valence-electron chi connectivity index (χ3n) is 3.29. The molecule has 120 valence electrons. The molecule has 0 aliphatic carbocycles. The first-order chi connectivity index (χ1) is 9.36. The molecule has 0 fully saturated rings. The van der Waals surface area contributed by atoms with Crippen molar-refractivity contribution in [3.63, 3.8) is 0 Å². The monoisotopic (exact) mass is 350 g/mol. The van der Waals surface area contributed by atoms with E-state index in [4.69, 9.17) is 0 Å². The smallest absolute Gasteiger partial charge is 0.550 e. The first-order valence-corrected chi connectivity index (χ1v) is 7.78. The maximum Gasteiger partial charge on any atom is 2.00 e. The molecule has 0 aromatic rings. The Morgan fingerprint density at radius 2 is 1.05 bits per heavy atom. The zero-order valence-corrected chi connectivity index (χ0v) is 17.1. The van der Waals surface area contributed by atoms with Gasteiger partial charge in [0.2, 0.25) is 0 Å². The van der Waals surface area contributed by atoms with Gasteiger partial charge in [-0.05, 0) is 24.7 Å². The Hall–Kier alpha value is -0.437. The third-order valence-corrected chi connectivity index (χ3v) is 3.29. The van der Waals surface area contributed by atoms with Crippen LogP contribution in [-0.2, 0) is 29.1 Å². The molecular weight excluding hydrogens is 322 g/mol. The number of rotatable bonds is 10. The second-order valence-electron chi connectivity index (χ2n) is 5.43. The molecule has 0 bridgehead atoms. The van der Waals surface area contributed by atoms with Crippen LogP contribution in [0.15, 0.2) is 0 Å². The predicted octanol–water partition coefficient (Wildman–Crippen LogP) is 1.90. The number of carboxylic acids is 2. The Balaban J connectivity index is -0.000000295. The zero-order chi connectivity index (χ0) is 16.0. The second kappa shape index (κ2) is 17.6. The minimum atomic E-state index is -0.920. The van der Waals surface area contributed by atoms with Crippen molar-refractivity contribution in [3.8, 4) is 0 Å². The Kier molecular flexibility index (Phi) is 21.4. The van der Waals surface area contributed by atoms with Crippen molar-refractivity contribution < 1.29 is 39.3 Å². The van der Waals surface area contributed by atoms with Gasteiger partial charge in [-0.3, -0.25) is 0 Å². The third kappa shape index (κ3) is 19.6. The maximum atomic E-state index is 10.2. The van der Waals surface area contributed by atoms with Gasteiger partial charge in [0.1, 0.15) is 0 Å². The van der Waals surface area contributed by atoms with Gasteiger partial charge in [-0.15, -0.1) is 0 Å². The quantitative estimate of drug-likeness (QED) is 0.444. The number of carbonyl (C=O) groups excluding carboxylic acids is 2. The fraction of sp³-hybridized carbons (Fsp3) is 0.875. The second-order valence-corrected chi connectivity index (χ2v) is 5.43. The fourth-order valence-electron chi connectivity index (χ4n) is 1.64. The Bertz CT molecular complexity index is 231. The molecule has 0 saturated carbocycles. The molecule has 2 unspecified atom stereocenters. The first-order valence-electron chi connectivity index (χ1n) is 7.78. The van der Waals surface area contributed by atoms with Gasteiger partial charge in [0.25, 0.3) is 0 Å². The summed E-state index contributed by atoms with van der Waals surface area (Å²) in [7, 11) is 0. The van der Waals surface area contributed by atoms with E-state index in [1.807, 2.05) is 0 Å². The topological polar surface area (TPSA) is 80.3 Å². The van der Waals surface area contributed by atoms with Crippen molar-refractivity contribution in [2.45, 2.75) is 79.1 Å². The van der Waals surface area contributed by atoms with Crippen LogP contribution in [0, 0.1) is 11.8 Å². The van der Waals surface area contributed by atoms with Crippen LogP contribution in [0.1, 0.15) is 79.1 Å². The first kappa shape index (κ1) is 25.5. The Morgan fingerprint density at radius 3 is 1.24 bits per heavy atom. The molecule has 0 aromatic carbocycles. The summed E-state index contributed by atoms with van der Waals surface area (Å²) in [4.78, 5) is 20.4. The number of aliphatic carboxylic acids is 2. The molecule has 0 radical (unpaired) electrons. The van der Waals surface area contributed by atoms with Crippen LogP contribution in [0.25, 0.3) is 0 Å². The molecule has 0 amide bonds. The average Bonchev–Trinajstić information content (AvgIpc) is 2.39. The summed E-state index contributed by atoms with van der Waals surface area (Å²) in [5.41, 5.74) is 0. The summed E-state index contributed by atoms with van der Waals surface area (Å²) in [5, 5.41) is 20.4. The number of carboxylic acid groups (broad SMARTS) is 2. The maximum absolute atomic E-state index is 10.2. The number of hydrogen-bond donors (Lipinski definition) is 0. The van der Waals surface area contributed by atoms with Crippen LogP contribution < -0.4 is 10.2 Å². The van der Waals surface area contributed by atoms with Gasteiger partial charge < -0.3 is 19.8 Å². The summed E-state index contributed by atoms with van der Waals surface area (Å²) in [5.74, 6) is -2.38. The van der Waals surface area contributed by atoms with Crippen LogP contribution in [0.4, 0.5) is 0 Å². The molecule has 0 aliphatic heterocycles. The van der Waals surface area contributed by atoms with E-state index in [0.717, 1.165) is 51.4 Å². The summed E-state index contributed by atoms with van der Waals surface area (Å²) in [6.45, 7) is 7.60. The molecular formula is C16H30O4Zn. The van der Waals surface area contributed by atoms with E-state index in [1.54, 1.807) is 13.8 Å². The van der Waals surface area contributed by atoms with Gasteiger partial charge in [-0.1, -0.05) is 66.2 Å². The average molecular weight is 352 g/mol. The molecule has 0 saturated heterocycles. The molecule has 0 rings (SSSR count). The number of carbonyl (C=O) groups is 2. The summed E-state index contributed by atoms with van der Waals surface area (Å²) >= 11 is 0. The van der Waals surface area contributed by atoms with Gasteiger partial charge in [-0.2, -0.15) is 0 Å². The SMILES string of the molecule is CCCCCC(C)C(=O)[O-].CCCCCC(C)C(=O)[O-].[Zn+2]. The molecule has 0 N–H and O–H groups in total. The summed E-state index contributed by atoms with van der Waals surface area (Å²) in [6.07, 6.45) is 8.05. The summed E-state index contributed by atoms with van der Waals surface area (Å²) < 4.78 is 0. The van der Waals surface area contributed by atoms with E-state index < -0.39 is 11.9 Å². The zero-order valence-electron chi connectivity index (χ0n) is 14.2. The minimum absolute atomic E-state index is 0. The molecule has 4 nitrogen and oxygen atoms in total. The molecule has 2 atom stereocenters. The van der Waals surface area contributed by atoms with Gasteiger partial charge in [-0.25, -0.2) is 0 Å². The van der Waals surface area contributed by atoms with E-state index in [1.165, 1.54) is 0 Å². The van der Waals surface area contributed by atoms with Gasteiger partial charge in [0.05, 0.1) is 0 Å².